The van der Waals surface area contributed by atoms with Gasteiger partial charge in [-0.05, 0) is 19.8 Å². The lowest BCUT2D eigenvalue weighted by atomic mass is 10.2. The van der Waals surface area contributed by atoms with Gasteiger partial charge in [-0.1, -0.05) is 13.8 Å². The number of aromatic nitrogens is 2. The van der Waals surface area contributed by atoms with Crippen molar-refractivity contribution < 1.29 is 28.0 Å². The molecule has 2 unspecified atom stereocenters. The first-order valence-corrected chi connectivity index (χ1v) is 10.3. The fourth-order valence-corrected chi connectivity index (χ4v) is 3.63. The predicted octanol–water partition coefficient (Wildman–Crippen LogP) is 1.41. The van der Waals surface area contributed by atoms with Gasteiger partial charge in [-0.2, -0.15) is 0 Å². The van der Waals surface area contributed by atoms with Crippen LogP contribution in [0.1, 0.15) is 40.3 Å². The van der Waals surface area contributed by atoms with Crippen molar-refractivity contribution in [1.29, 1.82) is 0 Å². The van der Waals surface area contributed by atoms with Gasteiger partial charge < -0.3 is 14.4 Å². The molecule has 11 heteroatoms. The minimum Gasteiger partial charge on any atom is -0.376 e. The van der Waals surface area contributed by atoms with E-state index in [-0.39, 0.29) is 31.7 Å². The van der Waals surface area contributed by atoms with Crippen molar-refractivity contribution in [3.8, 4) is 0 Å². The Hall–Kier alpha value is -1.29. The van der Waals surface area contributed by atoms with E-state index in [0.29, 0.717) is 0 Å². The molecule has 1 aromatic rings. The summed E-state index contributed by atoms with van der Waals surface area (Å²) < 4.78 is 35.0. The van der Waals surface area contributed by atoms with Gasteiger partial charge in [0, 0.05) is 18.7 Å². The highest BCUT2D eigenvalue weighted by Crippen LogP contribution is 2.48. The largest absolute Gasteiger partial charge is 0.472 e. The molecule has 154 valence electrons. The molecule has 0 saturated carbocycles. The minimum absolute atomic E-state index is 0.0569. The Bertz CT molecular complexity index is 774. The number of H-pyrrole nitrogens is 1. The van der Waals surface area contributed by atoms with E-state index in [1.165, 1.54) is 16.8 Å². The van der Waals surface area contributed by atoms with Crippen molar-refractivity contribution in [3.05, 3.63) is 33.1 Å². The van der Waals surface area contributed by atoms with Crippen molar-refractivity contribution in [2.24, 2.45) is 5.92 Å². The third-order valence-electron chi connectivity index (χ3n) is 3.78. The van der Waals surface area contributed by atoms with Crippen molar-refractivity contribution in [1.82, 2.24) is 9.55 Å². The molecule has 0 bridgehead atoms. The second kappa shape index (κ2) is 9.27. The second-order valence-electron chi connectivity index (χ2n) is 7.07. The van der Waals surface area contributed by atoms with Gasteiger partial charge in [0.2, 0.25) is 0 Å². The summed E-state index contributed by atoms with van der Waals surface area (Å²) in [6.07, 6.45) is -0.932. The van der Waals surface area contributed by atoms with Crippen LogP contribution < -0.4 is 11.2 Å². The predicted molar refractivity (Wildman–Crippen MR) is 96.4 cm³/mol. The molecule has 2 rings (SSSR count). The van der Waals surface area contributed by atoms with E-state index in [4.69, 9.17) is 18.5 Å². The zero-order valence-electron chi connectivity index (χ0n) is 15.9. The number of nitrogens with one attached hydrogen (secondary N) is 1. The van der Waals surface area contributed by atoms with Gasteiger partial charge in [-0.25, -0.2) is 9.36 Å². The van der Waals surface area contributed by atoms with E-state index >= 15 is 0 Å². The Kier molecular flexibility index (Phi) is 7.55. The number of rotatable bonds is 9. The SMILES string of the molecule is CC(C)COP(=O)(O)OC1C[C@H](n2ccc(=O)[nH]c2=O)O[C@@H]1COC(C)C. The second-order valence-corrected chi connectivity index (χ2v) is 8.47. The van der Waals surface area contributed by atoms with Gasteiger partial charge in [0.05, 0.1) is 19.3 Å². The highest BCUT2D eigenvalue weighted by molar-refractivity contribution is 7.47. The minimum atomic E-state index is -4.30. The highest BCUT2D eigenvalue weighted by Gasteiger charge is 2.42. The van der Waals surface area contributed by atoms with E-state index in [1.54, 1.807) is 0 Å². The van der Waals surface area contributed by atoms with Crippen molar-refractivity contribution >= 4 is 7.82 Å². The highest BCUT2D eigenvalue weighted by atomic mass is 31.2. The van der Waals surface area contributed by atoms with Crippen LogP contribution in [0.5, 0.6) is 0 Å². The molecule has 0 amide bonds. The topological polar surface area (TPSA) is 129 Å². The quantitative estimate of drug-likeness (QED) is 0.589. The summed E-state index contributed by atoms with van der Waals surface area (Å²) in [6.45, 7) is 7.56. The number of ether oxygens (including phenoxy) is 2. The number of phosphoric ester groups is 1. The first kappa shape index (κ1) is 22.0. The fourth-order valence-electron chi connectivity index (χ4n) is 2.52. The average molecular weight is 406 g/mol. The van der Waals surface area contributed by atoms with Crippen LogP contribution in [0.15, 0.2) is 21.9 Å². The zero-order valence-corrected chi connectivity index (χ0v) is 16.8. The van der Waals surface area contributed by atoms with Gasteiger partial charge in [0.25, 0.3) is 5.56 Å². The van der Waals surface area contributed by atoms with Crippen molar-refractivity contribution in [3.63, 3.8) is 0 Å². The molecular formula is C16H27N2O8P. The molecule has 0 spiro atoms. The van der Waals surface area contributed by atoms with Crippen LogP contribution in [0.2, 0.25) is 0 Å². The lowest BCUT2D eigenvalue weighted by Crippen LogP contribution is -2.32. The van der Waals surface area contributed by atoms with Crippen LogP contribution in [0.3, 0.4) is 0 Å². The third-order valence-corrected chi connectivity index (χ3v) is 4.79. The van der Waals surface area contributed by atoms with Crippen LogP contribution in [0.4, 0.5) is 0 Å². The standard InChI is InChI=1S/C16H27N2O8P/c1-10(2)8-24-27(21,22)26-12-7-15(25-13(12)9-23-11(3)4)18-6-5-14(19)17-16(18)20/h5-6,10-13,15H,7-9H2,1-4H3,(H,21,22)(H,17,19,20)/t12?,13-,15-/m1/s1. The van der Waals surface area contributed by atoms with Crippen molar-refractivity contribution in [2.75, 3.05) is 13.2 Å². The molecule has 0 aromatic carbocycles. The van der Waals surface area contributed by atoms with Crippen LogP contribution in [-0.2, 0) is 23.1 Å². The molecule has 1 aliphatic rings. The molecule has 0 aliphatic carbocycles. The molecule has 0 radical (unpaired) electrons. The summed E-state index contributed by atoms with van der Waals surface area (Å²) in [7, 11) is -4.30. The van der Waals surface area contributed by atoms with E-state index in [1.807, 2.05) is 27.7 Å². The molecule has 2 N–H and O–H groups in total. The molecule has 1 saturated heterocycles. The molecule has 4 atom stereocenters. The maximum absolute atomic E-state index is 12.2. The number of hydrogen-bond donors (Lipinski definition) is 2. The first-order chi connectivity index (χ1) is 12.6. The van der Waals surface area contributed by atoms with E-state index < -0.39 is 37.5 Å². The van der Waals surface area contributed by atoms with Crippen LogP contribution >= 0.6 is 7.82 Å². The number of phosphoric acid groups is 1. The van der Waals surface area contributed by atoms with Crippen LogP contribution in [-0.4, -0.2) is 46.0 Å². The van der Waals surface area contributed by atoms with Gasteiger partial charge in [0.15, 0.2) is 0 Å². The summed E-state index contributed by atoms with van der Waals surface area (Å²) in [5.74, 6) is 0.0569. The maximum atomic E-state index is 12.2. The summed E-state index contributed by atoms with van der Waals surface area (Å²) >= 11 is 0. The summed E-state index contributed by atoms with van der Waals surface area (Å²) in [4.78, 5) is 35.3. The molecule has 1 aliphatic heterocycles. The fraction of sp³-hybridized carbons (Fsp3) is 0.750. The molecular weight excluding hydrogens is 379 g/mol. The Balaban J connectivity index is 2.15. The molecule has 1 fully saturated rings. The average Bonchev–Trinajstić information content (AvgIpc) is 2.93. The van der Waals surface area contributed by atoms with Gasteiger partial charge in [-0.3, -0.25) is 23.4 Å². The Morgan fingerprint density at radius 1 is 1.37 bits per heavy atom. The molecule has 27 heavy (non-hydrogen) atoms. The van der Waals surface area contributed by atoms with Crippen molar-refractivity contribution in [2.45, 2.75) is 58.7 Å². The summed E-state index contributed by atoms with van der Waals surface area (Å²) in [6, 6.07) is 1.20. The lowest BCUT2D eigenvalue weighted by Gasteiger charge is -2.22. The van der Waals surface area contributed by atoms with E-state index in [2.05, 4.69) is 4.98 Å². The van der Waals surface area contributed by atoms with Crippen LogP contribution in [0.25, 0.3) is 0 Å². The maximum Gasteiger partial charge on any atom is 0.472 e. The van der Waals surface area contributed by atoms with Gasteiger partial charge >= 0.3 is 13.5 Å². The van der Waals surface area contributed by atoms with Gasteiger partial charge in [-0.15, -0.1) is 0 Å². The molecule has 2 heterocycles. The number of aromatic amines is 1. The monoisotopic (exact) mass is 406 g/mol. The summed E-state index contributed by atoms with van der Waals surface area (Å²) in [5, 5.41) is 0. The Morgan fingerprint density at radius 2 is 2.07 bits per heavy atom. The smallest absolute Gasteiger partial charge is 0.376 e. The number of hydrogen-bond acceptors (Lipinski definition) is 7. The summed E-state index contributed by atoms with van der Waals surface area (Å²) in [5.41, 5.74) is -1.16. The third kappa shape index (κ3) is 6.67. The first-order valence-electron chi connectivity index (χ1n) is 8.81. The Labute approximate surface area is 157 Å². The molecule has 10 nitrogen and oxygen atoms in total. The van der Waals surface area contributed by atoms with E-state index in [9.17, 15) is 19.0 Å². The number of nitrogens with zero attached hydrogens (tertiary/aromatic N) is 1. The van der Waals surface area contributed by atoms with Crippen LogP contribution in [0, 0.1) is 5.92 Å². The lowest BCUT2D eigenvalue weighted by molar-refractivity contribution is -0.0746. The van der Waals surface area contributed by atoms with E-state index in [0.717, 1.165) is 0 Å². The normalized spacial score (nSPS) is 25.2. The van der Waals surface area contributed by atoms with Gasteiger partial charge in [0.1, 0.15) is 18.4 Å². The zero-order chi connectivity index (χ0) is 20.2. The Morgan fingerprint density at radius 3 is 2.67 bits per heavy atom. The molecule has 1 aromatic heterocycles.